The number of hydrogen-bond acceptors (Lipinski definition) is 5. The normalized spacial score (nSPS) is 10.6. The maximum Gasteiger partial charge on any atom is 0.267 e. The molecule has 2 N–H and O–H groups in total. The van der Waals surface area contributed by atoms with E-state index >= 15 is 0 Å². The van der Waals surface area contributed by atoms with E-state index in [1.54, 1.807) is 48.5 Å². The second-order valence-electron chi connectivity index (χ2n) is 5.54. The van der Waals surface area contributed by atoms with E-state index in [0.717, 1.165) is 0 Å². The number of nitriles is 1. The first-order valence-electron chi connectivity index (χ1n) is 7.81. The van der Waals surface area contributed by atoms with E-state index in [1.165, 1.54) is 20.0 Å². The molecule has 0 spiro atoms. The molecule has 0 aromatic heterocycles. The summed E-state index contributed by atoms with van der Waals surface area (Å²) >= 11 is 0. The first kappa shape index (κ1) is 18.6. The van der Waals surface area contributed by atoms with Crippen LogP contribution in [0.1, 0.15) is 34.6 Å². The Morgan fingerprint density at radius 3 is 1.73 bits per heavy atom. The number of carbonyl (C=O) groups is 3. The van der Waals surface area contributed by atoms with Gasteiger partial charge in [0.1, 0.15) is 11.6 Å². The summed E-state index contributed by atoms with van der Waals surface area (Å²) in [5.74, 6) is -0.684. The highest BCUT2D eigenvalue weighted by Gasteiger charge is 2.10. The molecule has 1 amide bonds. The van der Waals surface area contributed by atoms with Gasteiger partial charge in [-0.15, -0.1) is 0 Å². The summed E-state index contributed by atoms with van der Waals surface area (Å²) in [6, 6.07) is 14.9. The van der Waals surface area contributed by atoms with Crippen molar-refractivity contribution in [3.8, 4) is 6.07 Å². The fraction of sp³-hybridized carbons (Fsp3) is 0.100. The van der Waals surface area contributed by atoms with Gasteiger partial charge in [-0.05, 0) is 62.4 Å². The minimum absolute atomic E-state index is 0.0417. The predicted molar refractivity (Wildman–Crippen MR) is 98.8 cm³/mol. The van der Waals surface area contributed by atoms with Gasteiger partial charge in [-0.2, -0.15) is 5.26 Å². The average molecular weight is 347 g/mol. The number of amides is 1. The highest BCUT2D eigenvalue weighted by molar-refractivity contribution is 6.07. The van der Waals surface area contributed by atoms with Crippen LogP contribution in [0.15, 0.2) is 60.3 Å². The van der Waals surface area contributed by atoms with Crippen molar-refractivity contribution in [1.82, 2.24) is 0 Å². The molecule has 0 aliphatic heterocycles. The number of nitrogens with one attached hydrogen (secondary N) is 2. The summed E-state index contributed by atoms with van der Waals surface area (Å²) in [5.41, 5.74) is 2.12. The zero-order valence-electron chi connectivity index (χ0n) is 14.4. The minimum atomic E-state index is -0.573. The molecule has 2 rings (SSSR count). The molecular weight excluding hydrogens is 330 g/mol. The van der Waals surface area contributed by atoms with Crippen molar-refractivity contribution in [3.63, 3.8) is 0 Å². The molecule has 0 atom stereocenters. The number of rotatable bonds is 6. The van der Waals surface area contributed by atoms with Crippen LogP contribution in [-0.4, -0.2) is 17.5 Å². The van der Waals surface area contributed by atoms with E-state index in [4.69, 9.17) is 0 Å². The zero-order valence-corrected chi connectivity index (χ0v) is 14.4. The first-order valence-corrected chi connectivity index (χ1v) is 7.81. The van der Waals surface area contributed by atoms with Crippen LogP contribution in [0, 0.1) is 11.3 Å². The Balaban J connectivity index is 2.05. The number of anilines is 2. The van der Waals surface area contributed by atoms with Crippen LogP contribution in [0.4, 0.5) is 11.4 Å². The molecule has 0 saturated carbocycles. The van der Waals surface area contributed by atoms with Gasteiger partial charge in [0, 0.05) is 28.7 Å². The molecule has 26 heavy (non-hydrogen) atoms. The van der Waals surface area contributed by atoms with Crippen molar-refractivity contribution >= 4 is 28.8 Å². The molecule has 6 nitrogen and oxygen atoms in total. The summed E-state index contributed by atoms with van der Waals surface area (Å²) in [6.07, 6.45) is 1.29. The molecule has 130 valence electrons. The fourth-order valence-corrected chi connectivity index (χ4v) is 2.09. The Bertz CT molecular complexity index is 905. The second-order valence-corrected chi connectivity index (χ2v) is 5.54. The van der Waals surface area contributed by atoms with Crippen molar-refractivity contribution in [2.45, 2.75) is 13.8 Å². The second kappa shape index (κ2) is 8.40. The van der Waals surface area contributed by atoms with Gasteiger partial charge in [0.25, 0.3) is 5.91 Å². The Morgan fingerprint density at radius 2 is 1.31 bits per heavy atom. The van der Waals surface area contributed by atoms with Crippen molar-refractivity contribution < 1.29 is 14.4 Å². The summed E-state index contributed by atoms with van der Waals surface area (Å²) < 4.78 is 0. The third-order valence-corrected chi connectivity index (χ3v) is 3.59. The van der Waals surface area contributed by atoms with E-state index in [-0.39, 0.29) is 17.1 Å². The zero-order chi connectivity index (χ0) is 19.1. The van der Waals surface area contributed by atoms with Crippen molar-refractivity contribution in [2.24, 2.45) is 0 Å². The first-order chi connectivity index (χ1) is 12.4. The van der Waals surface area contributed by atoms with E-state index in [0.29, 0.717) is 22.5 Å². The van der Waals surface area contributed by atoms with Crippen LogP contribution in [0.5, 0.6) is 0 Å². The van der Waals surface area contributed by atoms with Gasteiger partial charge in [0.15, 0.2) is 11.6 Å². The monoisotopic (exact) mass is 347 g/mol. The standard InChI is InChI=1S/C20H17N3O3/c1-13(24)15-3-7-18(8-4-15)22-12-17(11-21)20(26)23-19-9-5-16(6-10-19)14(2)25/h3-10,12,22H,1-2H3,(H,23,26)/b17-12-. The summed E-state index contributed by atoms with van der Waals surface area (Å²) in [7, 11) is 0. The molecule has 0 aliphatic rings. The van der Waals surface area contributed by atoms with Gasteiger partial charge in [0.05, 0.1) is 0 Å². The van der Waals surface area contributed by atoms with Gasteiger partial charge in [-0.25, -0.2) is 0 Å². The molecule has 0 saturated heterocycles. The Labute approximate surface area is 151 Å². The van der Waals surface area contributed by atoms with E-state index in [9.17, 15) is 19.6 Å². The van der Waals surface area contributed by atoms with Crippen LogP contribution in [0.3, 0.4) is 0 Å². The highest BCUT2D eigenvalue weighted by atomic mass is 16.1. The number of carbonyl (C=O) groups excluding carboxylic acids is 3. The third kappa shape index (κ3) is 4.89. The molecular formula is C20H17N3O3. The summed E-state index contributed by atoms with van der Waals surface area (Å²) in [5, 5.41) is 14.6. The Morgan fingerprint density at radius 1 is 0.846 bits per heavy atom. The van der Waals surface area contributed by atoms with E-state index in [2.05, 4.69) is 10.6 Å². The smallest absolute Gasteiger partial charge is 0.267 e. The lowest BCUT2D eigenvalue weighted by Crippen LogP contribution is -2.14. The Kier molecular flexibility index (Phi) is 6.01. The van der Waals surface area contributed by atoms with Gasteiger partial charge < -0.3 is 10.6 Å². The van der Waals surface area contributed by atoms with E-state index < -0.39 is 5.91 Å². The topological polar surface area (TPSA) is 99.1 Å². The fourth-order valence-electron chi connectivity index (χ4n) is 2.09. The lowest BCUT2D eigenvalue weighted by atomic mass is 10.1. The van der Waals surface area contributed by atoms with Crippen LogP contribution in [-0.2, 0) is 4.79 Å². The molecule has 2 aromatic rings. The Hall–Kier alpha value is -3.72. The number of benzene rings is 2. The van der Waals surface area contributed by atoms with Gasteiger partial charge in [0.2, 0.25) is 0 Å². The quantitative estimate of drug-likeness (QED) is 0.473. The lowest BCUT2D eigenvalue weighted by Gasteiger charge is -2.06. The van der Waals surface area contributed by atoms with Crippen LogP contribution >= 0.6 is 0 Å². The SMILES string of the molecule is CC(=O)c1ccc(N/C=C(/C#N)C(=O)Nc2ccc(C(C)=O)cc2)cc1. The molecule has 0 fully saturated rings. The number of nitrogens with zero attached hydrogens (tertiary/aromatic N) is 1. The largest absolute Gasteiger partial charge is 0.360 e. The van der Waals surface area contributed by atoms with Gasteiger partial charge >= 0.3 is 0 Å². The highest BCUT2D eigenvalue weighted by Crippen LogP contribution is 2.13. The molecule has 6 heteroatoms. The van der Waals surface area contributed by atoms with Gasteiger partial charge in [-0.3, -0.25) is 14.4 Å². The summed E-state index contributed by atoms with van der Waals surface area (Å²) in [4.78, 5) is 34.7. The predicted octanol–water partition coefficient (Wildman–Crippen LogP) is 3.55. The average Bonchev–Trinajstić information content (AvgIpc) is 2.63. The number of ketones is 2. The van der Waals surface area contributed by atoms with Crippen LogP contribution in [0.25, 0.3) is 0 Å². The van der Waals surface area contributed by atoms with E-state index in [1.807, 2.05) is 6.07 Å². The maximum atomic E-state index is 12.2. The number of hydrogen-bond donors (Lipinski definition) is 2. The minimum Gasteiger partial charge on any atom is -0.360 e. The molecule has 0 unspecified atom stereocenters. The lowest BCUT2D eigenvalue weighted by molar-refractivity contribution is -0.112. The van der Waals surface area contributed by atoms with Crippen LogP contribution in [0.2, 0.25) is 0 Å². The van der Waals surface area contributed by atoms with Crippen molar-refractivity contribution in [2.75, 3.05) is 10.6 Å². The van der Waals surface area contributed by atoms with Crippen molar-refractivity contribution in [3.05, 3.63) is 71.4 Å². The molecule has 2 aromatic carbocycles. The maximum absolute atomic E-state index is 12.2. The number of Topliss-reactive ketones (excluding diaryl/α,β-unsaturated/α-hetero) is 2. The molecule has 0 aliphatic carbocycles. The molecule has 0 radical (unpaired) electrons. The van der Waals surface area contributed by atoms with Crippen molar-refractivity contribution in [1.29, 1.82) is 5.26 Å². The molecule has 0 heterocycles. The van der Waals surface area contributed by atoms with Gasteiger partial charge in [-0.1, -0.05) is 0 Å². The third-order valence-electron chi connectivity index (χ3n) is 3.59. The molecule has 0 bridgehead atoms. The van der Waals surface area contributed by atoms with Crippen LogP contribution < -0.4 is 10.6 Å². The summed E-state index contributed by atoms with van der Waals surface area (Å²) in [6.45, 7) is 2.93.